The van der Waals surface area contributed by atoms with Gasteiger partial charge in [0, 0.05) is 45.3 Å². The Hall–Kier alpha value is -2.75. The van der Waals surface area contributed by atoms with Gasteiger partial charge in [-0.15, -0.1) is 0 Å². The fourth-order valence-electron chi connectivity index (χ4n) is 3.92. The van der Waals surface area contributed by atoms with Gasteiger partial charge in [-0.1, -0.05) is 31.2 Å². The number of sulfonamides is 1. The first-order valence-electron chi connectivity index (χ1n) is 11.1. The smallest absolute Gasteiger partial charge is 0.243 e. The third kappa shape index (κ3) is 6.19. The fraction of sp³-hybridized carbons (Fsp3) is 0.417. The van der Waals surface area contributed by atoms with E-state index < -0.39 is 16.1 Å². The maximum absolute atomic E-state index is 13.6. The minimum atomic E-state index is -3.86. The molecule has 2 aromatic rings. The van der Waals surface area contributed by atoms with Crippen LogP contribution in [0.5, 0.6) is 0 Å². The zero-order valence-corrected chi connectivity index (χ0v) is 19.9. The van der Waals surface area contributed by atoms with Gasteiger partial charge in [0.1, 0.15) is 0 Å². The molecule has 0 saturated carbocycles. The molecule has 2 aromatic carbocycles. The molecule has 2 N–H and O–H groups in total. The van der Waals surface area contributed by atoms with Crippen molar-refractivity contribution >= 4 is 27.5 Å². The maximum Gasteiger partial charge on any atom is 0.243 e. The highest BCUT2D eigenvalue weighted by atomic mass is 32.2. The van der Waals surface area contributed by atoms with E-state index >= 15 is 0 Å². The monoisotopic (exact) mass is 473 g/mol. The summed E-state index contributed by atoms with van der Waals surface area (Å²) in [6.45, 7) is 3.05. The highest BCUT2D eigenvalue weighted by molar-refractivity contribution is 7.89. The topological polar surface area (TPSA) is 105 Å². The molecule has 0 bridgehead atoms. The Morgan fingerprint density at radius 3 is 2.52 bits per heavy atom. The Bertz CT molecular complexity index is 1070. The molecule has 1 atom stereocenters. The van der Waals surface area contributed by atoms with Crippen LogP contribution in [0.15, 0.2) is 53.4 Å². The zero-order valence-electron chi connectivity index (χ0n) is 19.0. The number of carbonyl (C=O) groups excluding carboxylic acids is 2. The van der Waals surface area contributed by atoms with Gasteiger partial charge < -0.3 is 15.4 Å². The van der Waals surface area contributed by atoms with Crippen molar-refractivity contribution in [1.29, 1.82) is 0 Å². The SMILES string of the molecule is CCC(=O)Nc1ccc(S(=O)(=O)N2CCc3ccccc3C2CC(=O)NCCCOC)cc1. The van der Waals surface area contributed by atoms with Crippen molar-refractivity contribution in [2.45, 2.75) is 43.5 Å². The Morgan fingerprint density at radius 1 is 1.09 bits per heavy atom. The van der Waals surface area contributed by atoms with Crippen molar-refractivity contribution in [1.82, 2.24) is 9.62 Å². The molecular formula is C24H31N3O5S. The van der Waals surface area contributed by atoms with Crippen LogP contribution in [-0.4, -0.2) is 51.3 Å². The summed E-state index contributed by atoms with van der Waals surface area (Å²) < 4.78 is 33.6. The number of nitrogens with one attached hydrogen (secondary N) is 2. The molecule has 0 saturated heterocycles. The second-order valence-electron chi connectivity index (χ2n) is 7.91. The van der Waals surface area contributed by atoms with Crippen LogP contribution in [-0.2, 0) is 30.8 Å². The third-order valence-electron chi connectivity index (χ3n) is 5.66. The van der Waals surface area contributed by atoms with Gasteiger partial charge >= 0.3 is 0 Å². The number of nitrogens with zero attached hydrogens (tertiary/aromatic N) is 1. The first-order chi connectivity index (χ1) is 15.9. The van der Waals surface area contributed by atoms with Gasteiger partial charge in [-0.3, -0.25) is 9.59 Å². The number of hydrogen-bond acceptors (Lipinski definition) is 5. The summed E-state index contributed by atoms with van der Waals surface area (Å²) in [5.74, 6) is -0.347. The van der Waals surface area contributed by atoms with Gasteiger partial charge in [0.25, 0.3) is 0 Å². The van der Waals surface area contributed by atoms with Crippen LogP contribution in [0.3, 0.4) is 0 Å². The first-order valence-corrected chi connectivity index (χ1v) is 12.6. The molecule has 3 rings (SSSR count). The van der Waals surface area contributed by atoms with Crippen LogP contribution in [0.2, 0.25) is 0 Å². The van der Waals surface area contributed by atoms with E-state index in [0.717, 1.165) is 11.1 Å². The van der Waals surface area contributed by atoms with Crippen LogP contribution in [0, 0.1) is 0 Å². The molecule has 1 aliphatic heterocycles. The van der Waals surface area contributed by atoms with E-state index in [-0.39, 0.29) is 29.7 Å². The molecule has 178 valence electrons. The number of ether oxygens (including phenoxy) is 1. The summed E-state index contributed by atoms with van der Waals surface area (Å²) in [6.07, 6.45) is 1.63. The van der Waals surface area contributed by atoms with Crippen molar-refractivity contribution in [2.24, 2.45) is 0 Å². The fourth-order valence-corrected chi connectivity index (χ4v) is 5.52. The van der Waals surface area contributed by atoms with Crippen LogP contribution in [0.25, 0.3) is 0 Å². The summed E-state index contributed by atoms with van der Waals surface area (Å²) in [5, 5.41) is 5.57. The van der Waals surface area contributed by atoms with Gasteiger partial charge in [0.2, 0.25) is 21.8 Å². The van der Waals surface area contributed by atoms with Crippen LogP contribution in [0.4, 0.5) is 5.69 Å². The van der Waals surface area contributed by atoms with Crippen molar-refractivity contribution in [3.8, 4) is 0 Å². The standard InChI is InChI=1S/C24H31N3O5S/c1-3-23(28)26-19-9-11-20(12-10-19)33(30,31)27-15-13-18-7-4-5-8-21(18)22(27)17-24(29)25-14-6-16-32-2/h4-5,7-12,22H,3,6,13-17H2,1-2H3,(H,25,29)(H,26,28). The molecule has 0 radical (unpaired) electrons. The van der Waals surface area contributed by atoms with Crippen molar-refractivity contribution < 1.29 is 22.7 Å². The number of rotatable bonds is 10. The molecule has 1 heterocycles. The normalized spacial score (nSPS) is 16.1. The number of hydrogen-bond donors (Lipinski definition) is 2. The van der Waals surface area contributed by atoms with Crippen molar-refractivity contribution in [3.05, 3.63) is 59.7 Å². The highest BCUT2D eigenvalue weighted by Gasteiger charge is 2.37. The molecule has 1 unspecified atom stereocenters. The Balaban J connectivity index is 1.84. The van der Waals surface area contributed by atoms with E-state index in [2.05, 4.69) is 10.6 Å². The predicted octanol–water partition coefficient (Wildman–Crippen LogP) is 2.87. The number of fused-ring (bicyclic) bond motifs is 1. The van der Waals surface area contributed by atoms with E-state index in [1.807, 2.05) is 24.3 Å². The third-order valence-corrected chi connectivity index (χ3v) is 7.58. The summed E-state index contributed by atoms with van der Waals surface area (Å²) in [7, 11) is -2.25. The van der Waals surface area contributed by atoms with E-state index in [1.54, 1.807) is 26.2 Å². The lowest BCUT2D eigenvalue weighted by Crippen LogP contribution is -2.42. The Morgan fingerprint density at radius 2 is 1.82 bits per heavy atom. The van der Waals surface area contributed by atoms with Crippen molar-refractivity contribution in [2.75, 3.05) is 32.1 Å². The minimum Gasteiger partial charge on any atom is -0.385 e. The summed E-state index contributed by atoms with van der Waals surface area (Å²) in [4.78, 5) is 24.4. The van der Waals surface area contributed by atoms with E-state index in [9.17, 15) is 18.0 Å². The average Bonchev–Trinajstić information content (AvgIpc) is 2.82. The Kier molecular flexibility index (Phi) is 8.60. The largest absolute Gasteiger partial charge is 0.385 e. The van der Waals surface area contributed by atoms with Crippen LogP contribution >= 0.6 is 0 Å². The second kappa shape index (κ2) is 11.4. The van der Waals surface area contributed by atoms with Gasteiger partial charge in [0.15, 0.2) is 0 Å². The van der Waals surface area contributed by atoms with Gasteiger partial charge in [-0.2, -0.15) is 4.31 Å². The predicted molar refractivity (Wildman–Crippen MR) is 126 cm³/mol. The number of anilines is 1. The zero-order chi connectivity index (χ0) is 23.8. The highest BCUT2D eigenvalue weighted by Crippen LogP contribution is 2.36. The number of amides is 2. The molecule has 0 aliphatic carbocycles. The maximum atomic E-state index is 13.6. The quantitative estimate of drug-likeness (QED) is 0.517. The van der Waals surface area contributed by atoms with E-state index in [0.29, 0.717) is 38.1 Å². The lowest BCUT2D eigenvalue weighted by molar-refractivity contribution is -0.122. The summed E-state index contributed by atoms with van der Waals surface area (Å²) in [6, 6.07) is 13.2. The first kappa shape index (κ1) is 24.9. The minimum absolute atomic E-state index is 0.0356. The molecule has 1 aliphatic rings. The number of carbonyl (C=O) groups is 2. The molecular weight excluding hydrogens is 442 g/mol. The lowest BCUT2D eigenvalue weighted by atomic mass is 9.92. The van der Waals surface area contributed by atoms with Gasteiger partial charge in [-0.05, 0) is 48.2 Å². The van der Waals surface area contributed by atoms with E-state index in [1.165, 1.54) is 16.4 Å². The molecule has 33 heavy (non-hydrogen) atoms. The molecule has 8 nitrogen and oxygen atoms in total. The molecule has 0 spiro atoms. The van der Waals surface area contributed by atoms with E-state index in [4.69, 9.17) is 4.74 Å². The Labute approximate surface area is 195 Å². The molecule has 0 fully saturated rings. The van der Waals surface area contributed by atoms with Crippen molar-refractivity contribution in [3.63, 3.8) is 0 Å². The average molecular weight is 474 g/mol. The second-order valence-corrected chi connectivity index (χ2v) is 9.80. The van der Waals surface area contributed by atoms with Gasteiger partial charge in [-0.25, -0.2) is 8.42 Å². The molecule has 2 amide bonds. The van der Waals surface area contributed by atoms with Crippen LogP contribution < -0.4 is 10.6 Å². The molecule has 9 heteroatoms. The van der Waals surface area contributed by atoms with Crippen LogP contribution in [0.1, 0.15) is 43.4 Å². The van der Waals surface area contributed by atoms with Gasteiger partial charge in [0.05, 0.1) is 10.9 Å². The molecule has 0 aromatic heterocycles. The summed E-state index contributed by atoms with van der Waals surface area (Å²) >= 11 is 0. The number of benzene rings is 2. The lowest BCUT2D eigenvalue weighted by Gasteiger charge is -2.36. The summed E-state index contributed by atoms with van der Waals surface area (Å²) in [5.41, 5.74) is 2.45. The number of methoxy groups -OCH3 is 1.